The smallest absolute Gasteiger partial charge is 0.153 e. The molecule has 0 radical (unpaired) electrons. The molecule has 0 heterocycles. The standard InChI is InChI=1S/C13H17.C3H4O2.2CH3O.Ti/c1-3-7-12-10(5-1)9-11-6-2-4-8-13(11)12;1-2-3(4)5;2*1-2;/h9H,1-8H2;2H,1H2,(H,4,5);2*1H3;/q;;2*-1;+3/p-1. The van der Waals surface area contributed by atoms with E-state index in [-0.39, 0.29) is 5.97 Å². The van der Waals surface area contributed by atoms with Crippen LogP contribution in [0.4, 0.5) is 0 Å². The van der Waals surface area contributed by atoms with Gasteiger partial charge in [0.1, 0.15) is 0 Å². The van der Waals surface area contributed by atoms with Crippen molar-refractivity contribution in [2.24, 2.45) is 0 Å². The number of fused-ring (bicyclic) bond motifs is 1. The average molecular weight is 354 g/mol. The molecule has 0 spiro atoms. The van der Waals surface area contributed by atoms with E-state index in [1.165, 1.54) is 57.4 Å². The summed E-state index contributed by atoms with van der Waals surface area (Å²) in [4.78, 5) is 11.3. The van der Waals surface area contributed by atoms with Gasteiger partial charge in [0.05, 0.1) is 0 Å². The van der Waals surface area contributed by atoms with Crippen LogP contribution in [-0.4, -0.2) is 20.2 Å². The number of hydrogen-bond acceptors (Lipinski definition) is 4. The molecule has 0 aromatic rings. The van der Waals surface area contributed by atoms with E-state index < -0.39 is 19.5 Å². The van der Waals surface area contributed by atoms with Crippen LogP contribution >= 0.6 is 0 Å². The molecule has 3 aliphatic carbocycles. The van der Waals surface area contributed by atoms with Gasteiger partial charge in [-0.25, -0.2) is 0 Å². The zero-order valence-corrected chi connectivity index (χ0v) is 15.7. The van der Waals surface area contributed by atoms with Crippen LogP contribution in [0.3, 0.4) is 0 Å². The molecule has 0 N–H and O–H groups in total. The second kappa shape index (κ2) is 11.0. The van der Waals surface area contributed by atoms with Gasteiger partial charge in [-0.05, 0) is 0 Å². The van der Waals surface area contributed by atoms with Gasteiger partial charge in [-0.15, -0.1) is 0 Å². The minimum Gasteiger partial charge on any atom is -0.857 e. The first kappa shape index (κ1) is 20.4. The fourth-order valence-corrected chi connectivity index (χ4v) is 5.63. The average Bonchev–Trinajstić information content (AvgIpc) is 2.97. The van der Waals surface area contributed by atoms with Crippen molar-refractivity contribution in [3.8, 4) is 0 Å². The van der Waals surface area contributed by atoms with Gasteiger partial charge in [0.2, 0.25) is 0 Å². The summed E-state index contributed by atoms with van der Waals surface area (Å²) in [5, 5.41) is 16.5. The van der Waals surface area contributed by atoms with E-state index in [1.807, 2.05) is 0 Å². The van der Waals surface area contributed by atoms with Crippen molar-refractivity contribution >= 4 is 5.97 Å². The Hall–Kier alpha value is -0.676. The minimum atomic E-state index is -0.702. The van der Waals surface area contributed by atoms with Crippen LogP contribution in [0.1, 0.15) is 51.4 Å². The molecule has 0 amide bonds. The second-order valence-corrected chi connectivity index (χ2v) is 7.19. The molecule has 126 valence electrons. The molecule has 0 aliphatic heterocycles. The largest absolute Gasteiger partial charge is 0.857 e. The zero-order chi connectivity index (χ0) is 17.2. The summed E-state index contributed by atoms with van der Waals surface area (Å²) in [6.07, 6.45) is 11.6. The Morgan fingerprint density at radius 3 is 1.87 bits per heavy atom. The van der Waals surface area contributed by atoms with Crippen LogP contribution in [0.5, 0.6) is 0 Å². The van der Waals surface area contributed by atoms with Crippen molar-refractivity contribution in [2.75, 3.05) is 14.2 Å². The van der Waals surface area contributed by atoms with Gasteiger partial charge in [-0.3, -0.25) is 0 Å². The Morgan fingerprint density at radius 1 is 1.00 bits per heavy atom. The van der Waals surface area contributed by atoms with E-state index in [2.05, 4.69) is 6.58 Å². The van der Waals surface area contributed by atoms with Crippen molar-refractivity contribution in [1.82, 2.24) is 0 Å². The first-order valence-corrected chi connectivity index (χ1v) is 9.70. The topological polar surface area (TPSA) is 72.4 Å². The normalized spacial score (nSPS) is 19.3. The Kier molecular flexibility index (Phi) is 9.72. The molecule has 4 nitrogen and oxygen atoms in total. The number of hydrogen-bond donors (Lipinski definition) is 0. The first-order chi connectivity index (χ1) is 11.3. The summed E-state index contributed by atoms with van der Waals surface area (Å²) in [6.45, 7) is 3.49. The van der Waals surface area contributed by atoms with Gasteiger partial charge in [0.25, 0.3) is 0 Å². The molecule has 3 rings (SSSR count). The number of allylic oxidation sites excluding steroid dienone is 4. The first-order valence-electron chi connectivity index (χ1n) is 8.16. The summed E-state index contributed by atoms with van der Waals surface area (Å²) in [6, 6.07) is 0. The predicted octanol–water partition coefficient (Wildman–Crippen LogP) is 2.21. The maximum atomic E-state index is 11.3. The van der Waals surface area contributed by atoms with E-state index in [9.17, 15) is 4.79 Å². The van der Waals surface area contributed by atoms with Crippen LogP contribution < -0.4 is 10.2 Å². The molecule has 0 saturated heterocycles. The van der Waals surface area contributed by atoms with Crippen LogP contribution in [0, 0.1) is 0 Å². The fourth-order valence-electron chi connectivity index (χ4n) is 3.70. The number of rotatable bonds is 3. The Morgan fingerprint density at radius 2 is 1.43 bits per heavy atom. The summed E-state index contributed by atoms with van der Waals surface area (Å²) < 4.78 is 6.00. The summed E-state index contributed by atoms with van der Waals surface area (Å²) in [5.74, 6) is -0.234. The van der Waals surface area contributed by atoms with Gasteiger partial charge in [0, 0.05) is 0 Å². The molecular weight excluding hydrogens is 328 g/mol. The predicted molar refractivity (Wildman–Crippen MR) is 82.9 cm³/mol. The summed E-state index contributed by atoms with van der Waals surface area (Å²) >= 11 is -0.702. The quantitative estimate of drug-likeness (QED) is 0.575. The molecule has 0 saturated carbocycles. The third-order valence-corrected chi connectivity index (χ3v) is 6.48. The SMILES string of the molecule is C=CC(=O)[O][Ti+2][CH]1C2=C(CCCC2)C2=C1CCCC2.C[O-].C[O-]. The summed E-state index contributed by atoms with van der Waals surface area (Å²) in [5.41, 5.74) is 6.64. The molecule has 0 aromatic carbocycles. The Balaban J connectivity index is 0.000000615. The van der Waals surface area contributed by atoms with Crippen LogP contribution in [0.15, 0.2) is 34.9 Å². The Labute approximate surface area is 148 Å². The van der Waals surface area contributed by atoms with Gasteiger partial charge in [-0.2, -0.15) is 14.2 Å². The maximum Gasteiger partial charge on any atom is -0.153 e. The molecular formula is C18H26O4Ti. The molecule has 0 atom stereocenters. The van der Waals surface area contributed by atoms with E-state index >= 15 is 0 Å². The monoisotopic (exact) mass is 354 g/mol. The van der Waals surface area contributed by atoms with Crippen molar-refractivity contribution in [1.29, 1.82) is 0 Å². The Bertz CT molecular complexity index is 447. The van der Waals surface area contributed by atoms with Crippen LogP contribution in [0.25, 0.3) is 0 Å². The van der Waals surface area contributed by atoms with E-state index in [4.69, 9.17) is 13.5 Å². The zero-order valence-electron chi connectivity index (χ0n) is 14.2. The van der Waals surface area contributed by atoms with Gasteiger partial charge in [-0.1, -0.05) is 0 Å². The third kappa shape index (κ3) is 4.90. The fraction of sp³-hybridized carbons (Fsp3) is 0.611. The van der Waals surface area contributed by atoms with Crippen LogP contribution in [-0.2, 0) is 27.7 Å². The van der Waals surface area contributed by atoms with Crippen LogP contribution in [0.2, 0.25) is 4.22 Å². The molecule has 23 heavy (non-hydrogen) atoms. The van der Waals surface area contributed by atoms with Gasteiger partial charge >= 0.3 is 124 Å². The van der Waals surface area contributed by atoms with E-state index in [0.29, 0.717) is 4.22 Å². The third-order valence-electron chi connectivity index (χ3n) is 4.53. The van der Waals surface area contributed by atoms with Crippen molar-refractivity contribution in [3.05, 3.63) is 34.9 Å². The molecule has 3 aliphatic rings. The van der Waals surface area contributed by atoms with E-state index in [1.54, 1.807) is 22.3 Å². The van der Waals surface area contributed by atoms with Crippen molar-refractivity contribution in [3.63, 3.8) is 0 Å². The maximum absolute atomic E-state index is 11.3. The van der Waals surface area contributed by atoms with Crippen molar-refractivity contribution < 1.29 is 37.9 Å². The van der Waals surface area contributed by atoms with Gasteiger partial charge in [0.15, 0.2) is 0 Å². The van der Waals surface area contributed by atoms with E-state index in [0.717, 1.165) is 14.2 Å². The number of carbonyl (C=O) groups excluding carboxylic acids is 1. The number of carbonyl (C=O) groups is 1. The van der Waals surface area contributed by atoms with Gasteiger partial charge < -0.3 is 10.2 Å². The molecule has 0 fully saturated rings. The molecule has 0 unspecified atom stereocenters. The molecule has 0 bridgehead atoms. The summed E-state index contributed by atoms with van der Waals surface area (Å²) in [7, 11) is 1.50. The minimum absolute atomic E-state index is 0.234. The van der Waals surface area contributed by atoms with Crippen molar-refractivity contribution in [2.45, 2.75) is 55.6 Å². The molecule has 5 heteroatoms. The second-order valence-electron chi connectivity index (χ2n) is 5.60. The molecule has 0 aromatic heterocycles.